The first-order valence-corrected chi connectivity index (χ1v) is 2.87. The maximum absolute atomic E-state index is 6.83. The van der Waals surface area contributed by atoms with Crippen LogP contribution in [-0.2, 0) is 0 Å². The van der Waals surface area contributed by atoms with Crippen LogP contribution in [0.1, 0.15) is 0 Å². The molecule has 0 fully saturated rings. The fourth-order valence-electron chi connectivity index (χ4n) is 0.658. The van der Waals surface area contributed by atoms with Crippen LogP contribution in [0.4, 0.5) is 5.69 Å². The molecule has 2 heteroatoms. The number of nitrogens with one attached hydrogen (secondary N) is 2. The van der Waals surface area contributed by atoms with Gasteiger partial charge in [0, 0.05) is 5.69 Å². The van der Waals surface area contributed by atoms with Gasteiger partial charge in [-0.2, -0.15) is 0 Å². The molecule has 0 unspecified atom stereocenters. The summed E-state index contributed by atoms with van der Waals surface area (Å²) < 4.78 is 0. The summed E-state index contributed by atoms with van der Waals surface area (Å²) in [6, 6.07) is 9.72. The monoisotopic (exact) mass is 121 g/mol. The molecule has 1 radical (unpaired) electrons. The molecule has 0 atom stereocenters. The molecule has 1 aromatic carbocycles. The van der Waals surface area contributed by atoms with Crippen molar-refractivity contribution in [2.24, 2.45) is 0 Å². The van der Waals surface area contributed by atoms with Gasteiger partial charge in [0.15, 0.2) is 0 Å². The standard InChI is InChI=1S/C7H9N2/c8-6-9-7-4-2-1-3-5-7/h1-5,8-9H,6H2. The minimum Gasteiger partial charge on any atom is -0.371 e. The van der Waals surface area contributed by atoms with Crippen molar-refractivity contribution in [2.75, 3.05) is 12.0 Å². The van der Waals surface area contributed by atoms with E-state index in [1.807, 2.05) is 30.3 Å². The Morgan fingerprint density at radius 1 is 1.22 bits per heavy atom. The molecule has 2 nitrogen and oxygen atoms in total. The van der Waals surface area contributed by atoms with Crippen molar-refractivity contribution in [1.82, 2.24) is 5.73 Å². The molecular weight excluding hydrogens is 112 g/mol. The molecule has 0 aliphatic carbocycles. The van der Waals surface area contributed by atoms with E-state index >= 15 is 0 Å². The average Bonchev–Trinajstić information content (AvgIpc) is 1.91. The first-order valence-electron chi connectivity index (χ1n) is 2.87. The summed E-state index contributed by atoms with van der Waals surface area (Å²) in [5.74, 6) is 0. The van der Waals surface area contributed by atoms with E-state index in [4.69, 9.17) is 5.73 Å². The van der Waals surface area contributed by atoms with E-state index in [1.165, 1.54) is 0 Å². The molecule has 1 aromatic rings. The lowest BCUT2D eigenvalue weighted by Crippen LogP contribution is -2.00. The minimum absolute atomic E-state index is 0.240. The number of benzene rings is 1. The third-order valence-corrected chi connectivity index (χ3v) is 1.07. The van der Waals surface area contributed by atoms with Crippen molar-refractivity contribution in [3.63, 3.8) is 0 Å². The van der Waals surface area contributed by atoms with Gasteiger partial charge in [0.25, 0.3) is 0 Å². The third kappa shape index (κ3) is 1.74. The molecule has 0 spiro atoms. The van der Waals surface area contributed by atoms with Crippen LogP contribution in [0.15, 0.2) is 30.3 Å². The van der Waals surface area contributed by atoms with Gasteiger partial charge in [0.2, 0.25) is 0 Å². The highest BCUT2D eigenvalue weighted by Gasteiger charge is 1.81. The maximum Gasteiger partial charge on any atom is 0.0783 e. The van der Waals surface area contributed by atoms with Crippen molar-refractivity contribution >= 4 is 5.69 Å². The minimum atomic E-state index is 0.240. The lowest BCUT2D eigenvalue weighted by Gasteiger charge is -1.98. The molecule has 0 saturated heterocycles. The topological polar surface area (TPSA) is 35.8 Å². The van der Waals surface area contributed by atoms with Crippen molar-refractivity contribution in [1.29, 1.82) is 0 Å². The van der Waals surface area contributed by atoms with E-state index < -0.39 is 0 Å². The van der Waals surface area contributed by atoms with Gasteiger partial charge in [-0.3, -0.25) is 0 Å². The summed E-state index contributed by atoms with van der Waals surface area (Å²) in [4.78, 5) is 0. The van der Waals surface area contributed by atoms with Crippen LogP contribution in [0.5, 0.6) is 0 Å². The largest absolute Gasteiger partial charge is 0.371 e. The van der Waals surface area contributed by atoms with Crippen LogP contribution in [-0.4, -0.2) is 6.67 Å². The predicted octanol–water partition coefficient (Wildman–Crippen LogP) is 1.34. The fraction of sp³-hybridized carbons (Fsp3) is 0.143. The Kier molecular flexibility index (Phi) is 2.10. The Labute approximate surface area is 54.7 Å². The molecule has 0 heterocycles. The molecule has 0 aliphatic rings. The van der Waals surface area contributed by atoms with Gasteiger partial charge in [0.1, 0.15) is 0 Å². The fourth-order valence-corrected chi connectivity index (χ4v) is 0.658. The third-order valence-electron chi connectivity index (χ3n) is 1.07. The highest BCUT2D eigenvalue weighted by atomic mass is 15.0. The average molecular weight is 121 g/mol. The lowest BCUT2D eigenvalue weighted by molar-refractivity contribution is 1.10. The second-order valence-electron chi connectivity index (χ2n) is 1.72. The van der Waals surface area contributed by atoms with Crippen LogP contribution in [0.25, 0.3) is 0 Å². The zero-order chi connectivity index (χ0) is 6.53. The number of para-hydroxylation sites is 1. The van der Waals surface area contributed by atoms with Gasteiger partial charge in [-0.15, -0.1) is 0 Å². The van der Waals surface area contributed by atoms with Crippen LogP contribution in [0.3, 0.4) is 0 Å². The SMILES string of the molecule is [NH]CNc1ccccc1. The molecule has 0 aromatic heterocycles. The van der Waals surface area contributed by atoms with Gasteiger partial charge >= 0.3 is 0 Å². The van der Waals surface area contributed by atoms with Gasteiger partial charge in [-0.25, -0.2) is 5.73 Å². The number of anilines is 1. The zero-order valence-corrected chi connectivity index (χ0v) is 5.09. The van der Waals surface area contributed by atoms with E-state index in [0.29, 0.717) is 0 Å². The van der Waals surface area contributed by atoms with Crippen LogP contribution < -0.4 is 11.1 Å². The Bertz CT molecular complexity index is 160. The first kappa shape index (κ1) is 6.11. The molecule has 47 valence electrons. The lowest BCUT2D eigenvalue weighted by atomic mass is 10.3. The Balaban J connectivity index is 2.61. The Morgan fingerprint density at radius 3 is 2.44 bits per heavy atom. The van der Waals surface area contributed by atoms with Gasteiger partial charge in [0.05, 0.1) is 6.67 Å². The second kappa shape index (κ2) is 3.10. The highest BCUT2D eigenvalue weighted by Crippen LogP contribution is 2.02. The van der Waals surface area contributed by atoms with Gasteiger partial charge in [-0.1, -0.05) is 18.2 Å². The molecule has 0 amide bonds. The zero-order valence-electron chi connectivity index (χ0n) is 5.09. The van der Waals surface area contributed by atoms with E-state index in [1.54, 1.807) is 0 Å². The summed E-state index contributed by atoms with van der Waals surface area (Å²) in [7, 11) is 0. The maximum atomic E-state index is 6.83. The van der Waals surface area contributed by atoms with Crippen LogP contribution in [0.2, 0.25) is 0 Å². The summed E-state index contributed by atoms with van der Waals surface area (Å²) in [6.45, 7) is 0.240. The summed E-state index contributed by atoms with van der Waals surface area (Å²) in [5, 5.41) is 2.87. The number of hydrogen-bond donors (Lipinski definition) is 1. The van der Waals surface area contributed by atoms with E-state index in [2.05, 4.69) is 5.32 Å². The van der Waals surface area contributed by atoms with E-state index in [0.717, 1.165) is 5.69 Å². The summed E-state index contributed by atoms with van der Waals surface area (Å²) in [5.41, 5.74) is 7.84. The molecule has 0 aliphatic heterocycles. The molecule has 1 rings (SSSR count). The predicted molar refractivity (Wildman–Crippen MR) is 38.0 cm³/mol. The smallest absolute Gasteiger partial charge is 0.0783 e. The number of rotatable bonds is 2. The highest BCUT2D eigenvalue weighted by molar-refractivity contribution is 5.41. The summed E-state index contributed by atoms with van der Waals surface area (Å²) in [6.07, 6.45) is 0. The van der Waals surface area contributed by atoms with Gasteiger partial charge in [-0.05, 0) is 12.1 Å². The molecule has 0 bridgehead atoms. The quantitative estimate of drug-likeness (QED) is 0.629. The van der Waals surface area contributed by atoms with E-state index in [-0.39, 0.29) is 6.67 Å². The van der Waals surface area contributed by atoms with Crippen molar-refractivity contribution in [3.05, 3.63) is 30.3 Å². The normalized spacial score (nSPS) is 9.00. The first-order chi connectivity index (χ1) is 4.43. The van der Waals surface area contributed by atoms with Crippen LogP contribution >= 0.6 is 0 Å². The Hall–Kier alpha value is -1.02. The van der Waals surface area contributed by atoms with Crippen molar-refractivity contribution in [3.8, 4) is 0 Å². The van der Waals surface area contributed by atoms with Crippen molar-refractivity contribution in [2.45, 2.75) is 0 Å². The molecule has 0 saturated carbocycles. The summed E-state index contributed by atoms with van der Waals surface area (Å²) >= 11 is 0. The molecule has 9 heavy (non-hydrogen) atoms. The molecular formula is C7H9N2. The van der Waals surface area contributed by atoms with Crippen LogP contribution in [0, 0.1) is 0 Å². The Morgan fingerprint density at radius 2 is 1.89 bits per heavy atom. The van der Waals surface area contributed by atoms with Gasteiger partial charge < -0.3 is 5.32 Å². The second-order valence-corrected chi connectivity index (χ2v) is 1.72. The number of hydrogen-bond acceptors (Lipinski definition) is 1. The van der Waals surface area contributed by atoms with Crippen molar-refractivity contribution < 1.29 is 0 Å². The molecule has 2 N–H and O–H groups in total. The van der Waals surface area contributed by atoms with E-state index in [9.17, 15) is 0 Å².